The van der Waals surface area contributed by atoms with Crippen molar-refractivity contribution < 1.29 is 0 Å². The smallest absolute Gasteiger partial charge is 0.0934 e. The second kappa shape index (κ2) is 3.85. The van der Waals surface area contributed by atoms with Gasteiger partial charge in [-0.25, -0.2) is 0 Å². The SMILES string of the molecule is C/C(=C\C(C)(C)C)c1ccc(Cl)s1. The summed E-state index contributed by atoms with van der Waals surface area (Å²) in [6, 6.07) is 4.02. The van der Waals surface area contributed by atoms with E-state index in [1.807, 2.05) is 6.07 Å². The van der Waals surface area contributed by atoms with E-state index in [-0.39, 0.29) is 5.41 Å². The molecular formula is C11H15ClS. The molecular weight excluding hydrogens is 200 g/mol. The third-order valence-electron chi connectivity index (χ3n) is 1.61. The summed E-state index contributed by atoms with van der Waals surface area (Å²) < 4.78 is 0.858. The summed E-state index contributed by atoms with van der Waals surface area (Å²) >= 11 is 7.50. The van der Waals surface area contributed by atoms with Crippen molar-refractivity contribution in [3.63, 3.8) is 0 Å². The van der Waals surface area contributed by atoms with Crippen molar-refractivity contribution in [3.05, 3.63) is 27.4 Å². The second-order valence-electron chi connectivity index (χ2n) is 4.30. The first-order valence-electron chi connectivity index (χ1n) is 4.34. The Bertz CT molecular complexity index is 315. The second-order valence-corrected chi connectivity index (χ2v) is 6.01. The largest absolute Gasteiger partial charge is 0.124 e. The molecule has 0 atom stereocenters. The summed E-state index contributed by atoms with van der Waals surface area (Å²) in [6.07, 6.45) is 2.27. The Balaban J connectivity index is 2.91. The summed E-state index contributed by atoms with van der Waals surface area (Å²) in [4.78, 5) is 1.26. The van der Waals surface area contributed by atoms with E-state index in [9.17, 15) is 0 Å². The standard InChI is InChI=1S/C11H15ClS/c1-8(7-11(2,3)4)9-5-6-10(12)13-9/h5-7H,1-4H3/b8-7+. The molecule has 1 rings (SSSR count). The number of halogens is 1. The maximum absolute atomic E-state index is 5.87. The Morgan fingerprint density at radius 2 is 2.00 bits per heavy atom. The molecule has 1 aromatic heterocycles. The van der Waals surface area contributed by atoms with Gasteiger partial charge >= 0.3 is 0 Å². The first-order valence-corrected chi connectivity index (χ1v) is 5.53. The maximum atomic E-state index is 5.87. The van der Waals surface area contributed by atoms with Crippen molar-refractivity contribution in [2.75, 3.05) is 0 Å². The van der Waals surface area contributed by atoms with Gasteiger partial charge in [0.2, 0.25) is 0 Å². The van der Waals surface area contributed by atoms with Crippen LogP contribution in [-0.2, 0) is 0 Å². The van der Waals surface area contributed by atoms with Gasteiger partial charge in [0.15, 0.2) is 0 Å². The fourth-order valence-electron chi connectivity index (χ4n) is 1.25. The highest BCUT2D eigenvalue weighted by Gasteiger charge is 2.08. The molecule has 1 aromatic rings. The molecule has 0 unspecified atom stereocenters. The minimum atomic E-state index is 0.237. The van der Waals surface area contributed by atoms with Crippen molar-refractivity contribution in [3.8, 4) is 0 Å². The van der Waals surface area contributed by atoms with Crippen molar-refractivity contribution in [2.24, 2.45) is 5.41 Å². The van der Waals surface area contributed by atoms with Gasteiger partial charge in [-0.05, 0) is 30.0 Å². The highest BCUT2D eigenvalue weighted by molar-refractivity contribution is 7.17. The highest BCUT2D eigenvalue weighted by Crippen LogP contribution is 2.30. The molecule has 72 valence electrons. The maximum Gasteiger partial charge on any atom is 0.0934 e. The number of hydrogen-bond acceptors (Lipinski definition) is 1. The Morgan fingerprint density at radius 3 is 2.38 bits per heavy atom. The van der Waals surface area contributed by atoms with Crippen LogP contribution in [0.2, 0.25) is 4.34 Å². The van der Waals surface area contributed by atoms with Gasteiger partial charge < -0.3 is 0 Å². The molecule has 0 amide bonds. The van der Waals surface area contributed by atoms with Crippen LogP contribution in [0.4, 0.5) is 0 Å². The first-order chi connectivity index (χ1) is 5.88. The summed E-state index contributed by atoms with van der Waals surface area (Å²) in [6.45, 7) is 8.73. The summed E-state index contributed by atoms with van der Waals surface area (Å²) in [5.74, 6) is 0. The van der Waals surface area contributed by atoms with Crippen molar-refractivity contribution in [1.29, 1.82) is 0 Å². The molecule has 0 nitrogen and oxygen atoms in total. The van der Waals surface area contributed by atoms with Crippen molar-refractivity contribution >= 4 is 28.5 Å². The molecule has 0 saturated carbocycles. The third kappa shape index (κ3) is 3.53. The predicted molar refractivity (Wildman–Crippen MR) is 62.4 cm³/mol. The summed E-state index contributed by atoms with van der Waals surface area (Å²) in [5, 5.41) is 0. The quantitative estimate of drug-likeness (QED) is 0.627. The lowest BCUT2D eigenvalue weighted by Gasteiger charge is -2.13. The number of thiophene rings is 1. The van der Waals surface area contributed by atoms with Crippen LogP contribution in [-0.4, -0.2) is 0 Å². The van der Waals surface area contributed by atoms with Crippen LogP contribution in [0.15, 0.2) is 18.2 Å². The Labute approximate surface area is 89.2 Å². The minimum absolute atomic E-state index is 0.237. The fourth-order valence-corrected chi connectivity index (χ4v) is 2.26. The molecule has 0 aromatic carbocycles. The Kier molecular flexibility index (Phi) is 3.20. The molecule has 0 aliphatic heterocycles. The van der Waals surface area contributed by atoms with Crippen molar-refractivity contribution in [2.45, 2.75) is 27.7 Å². The van der Waals surface area contributed by atoms with Crippen LogP contribution in [0.5, 0.6) is 0 Å². The molecule has 0 radical (unpaired) electrons. The molecule has 0 spiro atoms. The van der Waals surface area contributed by atoms with Gasteiger partial charge in [0.05, 0.1) is 4.34 Å². The average molecular weight is 215 g/mol. The molecule has 0 bridgehead atoms. The lowest BCUT2D eigenvalue weighted by Crippen LogP contribution is -1.99. The van der Waals surface area contributed by atoms with Gasteiger partial charge in [0, 0.05) is 4.88 Å². The van der Waals surface area contributed by atoms with Gasteiger partial charge in [-0.2, -0.15) is 0 Å². The van der Waals surface area contributed by atoms with Gasteiger partial charge in [0.25, 0.3) is 0 Å². The summed E-state index contributed by atoms with van der Waals surface area (Å²) in [7, 11) is 0. The first kappa shape index (κ1) is 10.8. The lowest BCUT2D eigenvalue weighted by molar-refractivity contribution is 0.545. The van der Waals surface area contributed by atoms with Gasteiger partial charge in [-0.1, -0.05) is 38.4 Å². The fraction of sp³-hybridized carbons (Fsp3) is 0.455. The number of hydrogen-bond donors (Lipinski definition) is 0. The highest BCUT2D eigenvalue weighted by atomic mass is 35.5. The van der Waals surface area contributed by atoms with E-state index in [0.717, 1.165) is 4.34 Å². The van der Waals surface area contributed by atoms with E-state index in [4.69, 9.17) is 11.6 Å². The van der Waals surface area contributed by atoms with E-state index in [0.29, 0.717) is 0 Å². The topological polar surface area (TPSA) is 0 Å². The van der Waals surface area contributed by atoms with Crippen LogP contribution in [0, 0.1) is 5.41 Å². The Hall–Kier alpha value is -0.270. The number of allylic oxidation sites excluding steroid dienone is 2. The van der Waals surface area contributed by atoms with E-state index < -0.39 is 0 Å². The van der Waals surface area contributed by atoms with E-state index >= 15 is 0 Å². The van der Waals surface area contributed by atoms with Gasteiger partial charge in [-0.15, -0.1) is 11.3 Å². The molecule has 2 heteroatoms. The zero-order valence-electron chi connectivity index (χ0n) is 8.52. The molecule has 0 aliphatic carbocycles. The van der Waals surface area contributed by atoms with E-state index in [1.165, 1.54) is 10.5 Å². The minimum Gasteiger partial charge on any atom is -0.124 e. The molecule has 0 fully saturated rings. The Morgan fingerprint density at radius 1 is 1.38 bits per heavy atom. The van der Waals surface area contributed by atoms with Crippen LogP contribution in [0.1, 0.15) is 32.6 Å². The van der Waals surface area contributed by atoms with Crippen LogP contribution >= 0.6 is 22.9 Å². The van der Waals surface area contributed by atoms with Crippen molar-refractivity contribution in [1.82, 2.24) is 0 Å². The molecule has 1 heterocycles. The molecule has 13 heavy (non-hydrogen) atoms. The zero-order chi connectivity index (χ0) is 10.1. The molecule has 0 aliphatic rings. The van der Waals surface area contributed by atoms with Gasteiger partial charge in [-0.3, -0.25) is 0 Å². The van der Waals surface area contributed by atoms with Crippen LogP contribution in [0.3, 0.4) is 0 Å². The summed E-state index contributed by atoms with van der Waals surface area (Å²) in [5.41, 5.74) is 1.55. The monoisotopic (exact) mass is 214 g/mol. The molecule has 0 saturated heterocycles. The van der Waals surface area contributed by atoms with Crippen LogP contribution in [0.25, 0.3) is 5.57 Å². The lowest BCUT2D eigenvalue weighted by atomic mass is 9.93. The van der Waals surface area contributed by atoms with Gasteiger partial charge in [0.1, 0.15) is 0 Å². The normalized spacial score (nSPS) is 13.5. The molecule has 0 N–H and O–H groups in total. The van der Waals surface area contributed by atoms with E-state index in [1.54, 1.807) is 11.3 Å². The predicted octanol–water partition coefficient (Wildman–Crippen LogP) is 4.85. The third-order valence-corrected chi connectivity index (χ3v) is 2.98. The zero-order valence-corrected chi connectivity index (χ0v) is 10.1. The average Bonchev–Trinajstić information content (AvgIpc) is 2.31. The van der Waals surface area contributed by atoms with E-state index in [2.05, 4.69) is 39.8 Å². The number of rotatable bonds is 1. The van der Waals surface area contributed by atoms with Crippen LogP contribution < -0.4 is 0 Å².